The molecule has 17 heavy (non-hydrogen) atoms. The largest absolute Gasteiger partial charge is 0.321 e. The zero-order valence-corrected chi connectivity index (χ0v) is 8.52. The number of carbonyl (C=O) groups is 1. The third-order valence-corrected chi connectivity index (χ3v) is 1.95. The molecule has 0 aliphatic carbocycles. The van der Waals surface area contributed by atoms with E-state index in [2.05, 4.69) is 15.3 Å². The molecule has 0 saturated heterocycles. The lowest BCUT2D eigenvalue weighted by molar-refractivity contribution is 0.102. The Hall–Kier alpha value is -2.37. The average Bonchev–Trinajstić information content (AvgIpc) is 2.32. The normalized spacial score (nSPS) is 10.0. The first-order chi connectivity index (χ1) is 8.15. The van der Waals surface area contributed by atoms with Crippen molar-refractivity contribution in [2.45, 2.75) is 0 Å². The maximum absolute atomic E-state index is 12.8. The fourth-order valence-electron chi connectivity index (χ4n) is 1.19. The first-order valence-electron chi connectivity index (χ1n) is 4.68. The van der Waals surface area contributed by atoms with Crippen molar-refractivity contribution in [1.82, 2.24) is 9.97 Å². The fraction of sp³-hybridized carbons (Fsp3) is 0. The first-order valence-corrected chi connectivity index (χ1v) is 4.68. The van der Waals surface area contributed by atoms with Gasteiger partial charge in [0.1, 0.15) is 5.82 Å². The summed E-state index contributed by atoms with van der Waals surface area (Å²) in [5.41, 5.74) is 0.398. The van der Waals surface area contributed by atoms with Gasteiger partial charge < -0.3 is 5.32 Å². The van der Waals surface area contributed by atoms with Gasteiger partial charge in [0.15, 0.2) is 0 Å². The van der Waals surface area contributed by atoms with Gasteiger partial charge in [0, 0.05) is 6.20 Å². The second-order valence-corrected chi connectivity index (χ2v) is 3.22. The van der Waals surface area contributed by atoms with E-state index in [1.807, 2.05) is 0 Å². The van der Waals surface area contributed by atoms with E-state index in [4.69, 9.17) is 0 Å². The van der Waals surface area contributed by atoms with Gasteiger partial charge in [-0.25, -0.2) is 9.37 Å². The number of hydrogen-bond donors (Lipinski definition) is 1. The molecule has 1 N–H and O–H groups in total. The van der Waals surface area contributed by atoms with E-state index in [9.17, 15) is 13.6 Å². The summed E-state index contributed by atoms with van der Waals surface area (Å²) in [6, 6.07) is 3.52. The summed E-state index contributed by atoms with van der Waals surface area (Å²) in [7, 11) is 0. The van der Waals surface area contributed by atoms with Gasteiger partial charge in [-0.1, -0.05) is 0 Å². The zero-order chi connectivity index (χ0) is 12.3. The third kappa shape index (κ3) is 2.81. The molecule has 0 radical (unpaired) electrons. The van der Waals surface area contributed by atoms with Gasteiger partial charge in [-0.3, -0.25) is 9.78 Å². The van der Waals surface area contributed by atoms with Crippen molar-refractivity contribution in [3.63, 3.8) is 0 Å². The molecule has 0 aromatic carbocycles. The van der Waals surface area contributed by atoms with Gasteiger partial charge in [0.05, 0.1) is 23.6 Å². The van der Waals surface area contributed by atoms with Crippen molar-refractivity contribution in [3.05, 3.63) is 54.1 Å². The molecule has 86 valence electrons. The van der Waals surface area contributed by atoms with Gasteiger partial charge in [-0.05, 0) is 18.2 Å². The number of pyridine rings is 2. The molecule has 0 aliphatic rings. The lowest BCUT2D eigenvalue weighted by Gasteiger charge is -2.04. The number of nitrogens with one attached hydrogen (secondary N) is 1. The molecule has 0 bridgehead atoms. The Bertz CT molecular complexity index is 543. The molecule has 0 aliphatic heterocycles. The topological polar surface area (TPSA) is 54.9 Å². The van der Waals surface area contributed by atoms with E-state index in [-0.39, 0.29) is 5.56 Å². The second-order valence-electron chi connectivity index (χ2n) is 3.22. The number of halogens is 2. The predicted octanol–water partition coefficient (Wildman–Crippen LogP) is 2.01. The molecule has 0 fully saturated rings. The van der Waals surface area contributed by atoms with Crippen LogP contribution in [0.5, 0.6) is 0 Å². The van der Waals surface area contributed by atoms with Crippen LogP contribution in [0.2, 0.25) is 0 Å². The maximum atomic E-state index is 12.8. The number of hydrogen-bond acceptors (Lipinski definition) is 3. The zero-order valence-electron chi connectivity index (χ0n) is 8.52. The lowest BCUT2D eigenvalue weighted by atomic mass is 10.2. The van der Waals surface area contributed by atoms with Crippen LogP contribution in [0.25, 0.3) is 0 Å². The Morgan fingerprint density at radius 2 is 2.00 bits per heavy atom. The van der Waals surface area contributed by atoms with Crippen molar-refractivity contribution in [3.8, 4) is 0 Å². The molecule has 0 unspecified atom stereocenters. The van der Waals surface area contributed by atoms with E-state index in [0.717, 1.165) is 18.3 Å². The highest BCUT2D eigenvalue weighted by Crippen LogP contribution is 2.08. The van der Waals surface area contributed by atoms with Crippen LogP contribution in [0, 0.1) is 11.8 Å². The van der Waals surface area contributed by atoms with Crippen LogP contribution in [0.15, 0.2) is 36.8 Å². The van der Waals surface area contributed by atoms with E-state index >= 15 is 0 Å². The van der Waals surface area contributed by atoms with Crippen LogP contribution in [0.4, 0.5) is 14.5 Å². The molecular weight excluding hydrogens is 228 g/mol. The molecule has 2 aromatic heterocycles. The smallest absolute Gasteiger partial charge is 0.257 e. The molecule has 4 nitrogen and oxygen atoms in total. The minimum Gasteiger partial charge on any atom is -0.321 e. The highest BCUT2D eigenvalue weighted by atomic mass is 19.1. The van der Waals surface area contributed by atoms with E-state index < -0.39 is 17.7 Å². The summed E-state index contributed by atoms with van der Waals surface area (Å²) in [6.45, 7) is 0. The molecule has 2 rings (SSSR count). The third-order valence-electron chi connectivity index (χ3n) is 1.95. The van der Waals surface area contributed by atoms with Gasteiger partial charge in [0.25, 0.3) is 5.91 Å². The SMILES string of the molecule is O=C(Nc1ccc(F)nc1)c1cncc(F)c1. The highest BCUT2D eigenvalue weighted by molar-refractivity contribution is 6.03. The van der Waals surface area contributed by atoms with Gasteiger partial charge >= 0.3 is 0 Å². The summed E-state index contributed by atoms with van der Waals surface area (Å²) in [5, 5.41) is 2.44. The van der Waals surface area contributed by atoms with E-state index in [1.54, 1.807) is 0 Å². The van der Waals surface area contributed by atoms with E-state index in [1.165, 1.54) is 18.5 Å². The van der Waals surface area contributed by atoms with Crippen molar-refractivity contribution < 1.29 is 13.6 Å². The van der Waals surface area contributed by atoms with Crippen molar-refractivity contribution >= 4 is 11.6 Å². The van der Waals surface area contributed by atoms with E-state index in [0.29, 0.717) is 5.69 Å². The summed E-state index contributed by atoms with van der Waals surface area (Å²) < 4.78 is 25.3. The van der Waals surface area contributed by atoms with Crippen LogP contribution < -0.4 is 5.32 Å². The van der Waals surface area contributed by atoms with Gasteiger partial charge in [-0.15, -0.1) is 0 Å². The summed E-state index contributed by atoms with van der Waals surface area (Å²) >= 11 is 0. The number of aromatic nitrogens is 2. The lowest BCUT2D eigenvalue weighted by Crippen LogP contribution is -2.12. The maximum Gasteiger partial charge on any atom is 0.257 e. The number of anilines is 1. The molecule has 0 saturated carbocycles. The molecule has 0 atom stereocenters. The Labute approximate surface area is 95.3 Å². The molecule has 0 spiro atoms. The van der Waals surface area contributed by atoms with Crippen molar-refractivity contribution in [2.24, 2.45) is 0 Å². The average molecular weight is 235 g/mol. The summed E-state index contributed by atoms with van der Waals surface area (Å²) in [4.78, 5) is 18.5. The summed E-state index contributed by atoms with van der Waals surface area (Å²) in [6.07, 6.45) is 3.39. The quantitative estimate of drug-likeness (QED) is 0.810. The predicted molar refractivity (Wildman–Crippen MR) is 56.3 cm³/mol. The fourth-order valence-corrected chi connectivity index (χ4v) is 1.19. The van der Waals surface area contributed by atoms with Crippen LogP contribution in [0.3, 0.4) is 0 Å². The standard InChI is InChI=1S/C11H7F2N3O/c12-8-3-7(4-14-5-8)11(17)16-9-1-2-10(13)15-6-9/h1-6H,(H,16,17). The monoisotopic (exact) mass is 235 g/mol. The molecule has 2 heterocycles. The molecule has 2 aromatic rings. The Morgan fingerprint density at radius 3 is 2.65 bits per heavy atom. The number of rotatable bonds is 2. The Balaban J connectivity index is 2.14. The molecule has 1 amide bonds. The van der Waals surface area contributed by atoms with Crippen LogP contribution in [-0.4, -0.2) is 15.9 Å². The van der Waals surface area contributed by atoms with Crippen LogP contribution >= 0.6 is 0 Å². The van der Waals surface area contributed by atoms with Crippen LogP contribution in [0.1, 0.15) is 10.4 Å². The minimum atomic E-state index is -0.643. The Morgan fingerprint density at radius 1 is 1.18 bits per heavy atom. The highest BCUT2D eigenvalue weighted by Gasteiger charge is 2.07. The molecule has 6 heteroatoms. The van der Waals surface area contributed by atoms with Gasteiger partial charge in [0.2, 0.25) is 5.95 Å². The Kier molecular flexibility index (Phi) is 3.04. The number of nitrogens with zero attached hydrogens (tertiary/aromatic N) is 2. The van der Waals surface area contributed by atoms with Crippen molar-refractivity contribution in [1.29, 1.82) is 0 Å². The van der Waals surface area contributed by atoms with Crippen LogP contribution in [-0.2, 0) is 0 Å². The van der Waals surface area contributed by atoms with Gasteiger partial charge in [-0.2, -0.15) is 4.39 Å². The summed E-state index contributed by atoms with van der Waals surface area (Å²) in [5.74, 6) is -1.78. The second kappa shape index (κ2) is 4.65. The van der Waals surface area contributed by atoms with Crippen molar-refractivity contribution in [2.75, 3.05) is 5.32 Å². The molecular formula is C11H7F2N3O. The number of carbonyl (C=O) groups excluding carboxylic acids is 1. The number of amides is 1. The first kappa shape index (κ1) is 11.1. The minimum absolute atomic E-state index is 0.0781.